The zero-order valence-corrected chi connectivity index (χ0v) is 12.6. The lowest BCUT2D eigenvalue weighted by molar-refractivity contribution is 0.229. The Morgan fingerprint density at radius 2 is 1.89 bits per heavy atom. The lowest BCUT2D eigenvalue weighted by Gasteiger charge is -2.29. The first-order valence-corrected chi connectivity index (χ1v) is 7.12. The van der Waals surface area contributed by atoms with E-state index in [1.54, 1.807) is 7.11 Å². The molecule has 1 aromatic rings. The van der Waals surface area contributed by atoms with Gasteiger partial charge in [0.25, 0.3) is 0 Å². The Labute approximate surface area is 116 Å². The summed E-state index contributed by atoms with van der Waals surface area (Å²) >= 11 is 0. The topological polar surface area (TPSA) is 24.5 Å². The highest BCUT2D eigenvalue weighted by Crippen LogP contribution is 2.34. The third kappa shape index (κ3) is 3.48. The molecule has 1 aliphatic heterocycles. The van der Waals surface area contributed by atoms with E-state index in [0.29, 0.717) is 0 Å². The molecule has 0 amide bonds. The first-order valence-electron chi connectivity index (χ1n) is 7.12. The van der Waals surface area contributed by atoms with Crippen molar-refractivity contribution in [2.24, 2.45) is 0 Å². The smallest absolute Gasteiger partial charge is 0.127 e. The van der Waals surface area contributed by atoms with Crippen molar-refractivity contribution in [3.63, 3.8) is 0 Å². The summed E-state index contributed by atoms with van der Waals surface area (Å²) < 4.78 is 5.70. The number of hydrogen-bond donors (Lipinski definition) is 1. The van der Waals surface area contributed by atoms with Crippen LogP contribution in [0.15, 0.2) is 18.2 Å². The molecule has 1 saturated heterocycles. The van der Waals surface area contributed by atoms with Gasteiger partial charge in [-0.3, -0.25) is 4.90 Å². The Bertz CT molecular complexity index is 417. The van der Waals surface area contributed by atoms with Gasteiger partial charge < -0.3 is 10.1 Å². The van der Waals surface area contributed by atoms with Crippen LogP contribution in [-0.2, 0) is 12.0 Å². The summed E-state index contributed by atoms with van der Waals surface area (Å²) in [6.45, 7) is 12.1. The predicted molar refractivity (Wildman–Crippen MR) is 79.8 cm³/mol. The summed E-state index contributed by atoms with van der Waals surface area (Å²) in [6.07, 6.45) is 0. The minimum atomic E-state index is 0.116. The van der Waals surface area contributed by atoms with Crippen molar-refractivity contribution in [1.29, 1.82) is 0 Å². The van der Waals surface area contributed by atoms with Gasteiger partial charge in [0.05, 0.1) is 7.11 Å². The van der Waals surface area contributed by atoms with Gasteiger partial charge in [0.2, 0.25) is 0 Å². The Hall–Kier alpha value is -1.06. The second kappa shape index (κ2) is 5.93. The number of ether oxygens (including phenoxy) is 1. The molecule has 0 unspecified atom stereocenters. The Kier molecular flexibility index (Phi) is 4.48. The first kappa shape index (κ1) is 14.4. The summed E-state index contributed by atoms with van der Waals surface area (Å²) in [5.74, 6) is 1.06. The summed E-state index contributed by atoms with van der Waals surface area (Å²) in [5, 5.41) is 3.39. The first-order chi connectivity index (χ1) is 9.02. The third-order valence-corrected chi connectivity index (χ3v) is 3.71. The van der Waals surface area contributed by atoms with Crippen molar-refractivity contribution in [3.05, 3.63) is 29.3 Å². The van der Waals surface area contributed by atoms with E-state index < -0.39 is 0 Å². The molecule has 0 bridgehead atoms. The van der Waals surface area contributed by atoms with Gasteiger partial charge in [-0.2, -0.15) is 0 Å². The summed E-state index contributed by atoms with van der Waals surface area (Å²) in [7, 11) is 1.78. The van der Waals surface area contributed by atoms with Crippen LogP contribution in [0.25, 0.3) is 0 Å². The molecule has 0 aliphatic carbocycles. The number of methoxy groups -OCH3 is 1. The van der Waals surface area contributed by atoms with Gasteiger partial charge in [-0.15, -0.1) is 0 Å². The van der Waals surface area contributed by atoms with Crippen molar-refractivity contribution in [2.45, 2.75) is 32.7 Å². The van der Waals surface area contributed by atoms with Gasteiger partial charge in [-0.1, -0.05) is 39.0 Å². The molecule has 19 heavy (non-hydrogen) atoms. The molecule has 1 aliphatic rings. The number of para-hydroxylation sites is 1. The maximum Gasteiger partial charge on any atom is 0.127 e. The SMILES string of the molecule is COc1c(CN2CCNCC2)cccc1C(C)(C)C. The number of piperazine rings is 1. The lowest BCUT2D eigenvalue weighted by atomic mass is 9.85. The molecule has 0 radical (unpaired) electrons. The Morgan fingerprint density at radius 3 is 2.47 bits per heavy atom. The summed E-state index contributed by atoms with van der Waals surface area (Å²) in [6, 6.07) is 6.52. The van der Waals surface area contributed by atoms with E-state index in [9.17, 15) is 0 Å². The van der Waals surface area contributed by atoms with Crippen LogP contribution in [-0.4, -0.2) is 38.2 Å². The highest BCUT2D eigenvalue weighted by Gasteiger charge is 2.21. The summed E-state index contributed by atoms with van der Waals surface area (Å²) in [5.41, 5.74) is 2.71. The standard InChI is InChI=1S/C16H26N2O/c1-16(2,3)14-7-5-6-13(15(14)19-4)12-18-10-8-17-9-11-18/h5-7,17H,8-12H2,1-4H3. The number of hydrogen-bond acceptors (Lipinski definition) is 3. The summed E-state index contributed by atoms with van der Waals surface area (Å²) in [4.78, 5) is 2.49. The van der Waals surface area contributed by atoms with Crippen molar-refractivity contribution in [3.8, 4) is 5.75 Å². The molecular formula is C16H26N2O. The molecule has 1 N–H and O–H groups in total. The van der Waals surface area contributed by atoms with Crippen LogP contribution in [0.3, 0.4) is 0 Å². The van der Waals surface area contributed by atoms with Crippen LogP contribution in [0.4, 0.5) is 0 Å². The molecule has 1 fully saturated rings. The van der Waals surface area contributed by atoms with Crippen LogP contribution >= 0.6 is 0 Å². The molecule has 1 heterocycles. The minimum Gasteiger partial charge on any atom is -0.496 e. The van der Waals surface area contributed by atoms with E-state index >= 15 is 0 Å². The fourth-order valence-corrected chi connectivity index (χ4v) is 2.65. The predicted octanol–water partition coefficient (Wildman–Crippen LogP) is 2.40. The van der Waals surface area contributed by atoms with E-state index in [1.807, 2.05) is 0 Å². The third-order valence-electron chi connectivity index (χ3n) is 3.71. The van der Waals surface area contributed by atoms with E-state index in [2.05, 4.69) is 49.2 Å². The van der Waals surface area contributed by atoms with Gasteiger partial charge in [0, 0.05) is 38.3 Å². The van der Waals surface area contributed by atoms with Crippen LogP contribution in [0.2, 0.25) is 0 Å². The van der Waals surface area contributed by atoms with E-state index in [0.717, 1.165) is 38.5 Å². The second-order valence-corrected chi connectivity index (χ2v) is 6.27. The fraction of sp³-hybridized carbons (Fsp3) is 0.625. The van der Waals surface area contributed by atoms with E-state index in [1.165, 1.54) is 11.1 Å². The quantitative estimate of drug-likeness (QED) is 0.905. The van der Waals surface area contributed by atoms with Gasteiger partial charge in [-0.05, 0) is 11.0 Å². The zero-order valence-electron chi connectivity index (χ0n) is 12.6. The molecule has 106 valence electrons. The van der Waals surface area contributed by atoms with Crippen molar-refractivity contribution < 1.29 is 4.74 Å². The highest BCUT2D eigenvalue weighted by molar-refractivity contribution is 5.45. The number of nitrogens with zero attached hydrogens (tertiary/aromatic N) is 1. The average Bonchev–Trinajstić information content (AvgIpc) is 2.38. The normalized spacial score (nSPS) is 17.5. The molecule has 0 atom stereocenters. The highest BCUT2D eigenvalue weighted by atomic mass is 16.5. The average molecular weight is 262 g/mol. The fourth-order valence-electron chi connectivity index (χ4n) is 2.65. The second-order valence-electron chi connectivity index (χ2n) is 6.27. The minimum absolute atomic E-state index is 0.116. The van der Waals surface area contributed by atoms with Gasteiger partial charge >= 0.3 is 0 Å². The van der Waals surface area contributed by atoms with Crippen LogP contribution in [0.1, 0.15) is 31.9 Å². The maximum atomic E-state index is 5.70. The lowest BCUT2D eigenvalue weighted by Crippen LogP contribution is -2.43. The molecule has 0 saturated carbocycles. The van der Waals surface area contributed by atoms with Gasteiger partial charge in [0.15, 0.2) is 0 Å². The van der Waals surface area contributed by atoms with Crippen molar-refractivity contribution in [1.82, 2.24) is 10.2 Å². The number of nitrogens with one attached hydrogen (secondary N) is 1. The molecule has 0 aromatic heterocycles. The Morgan fingerprint density at radius 1 is 1.21 bits per heavy atom. The maximum absolute atomic E-state index is 5.70. The van der Waals surface area contributed by atoms with Crippen LogP contribution in [0, 0.1) is 0 Å². The van der Waals surface area contributed by atoms with Crippen LogP contribution in [0.5, 0.6) is 5.75 Å². The van der Waals surface area contributed by atoms with Gasteiger partial charge in [0.1, 0.15) is 5.75 Å². The van der Waals surface area contributed by atoms with Crippen molar-refractivity contribution in [2.75, 3.05) is 33.3 Å². The van der Waals surface area contributed by atoms with E-state index in [4.69, 9.17) is 4.74 Å². The number of benzene rings is 1. The monoisotopic (exact) mass is 262 g/mol. The largest absolute Gasteiger partial charge is 0.496 e. The zero-order chi connectivity index (χ0) is 13.9. The van der Waals surface area contributed by atoms with Gasteiger partial charge in [-0.25, -0.2) is 0 Å². The van der Waals surface area contributed by atoms with E-state index in [-0.39, 0.29) is 5.41 Å². The van der Waals surface area contributed by atoms with Crippen LogP contribution < -0.4 is 10.1 Å². The van der Waals surface area contributed by atoms with Crippen molar-refractivity contribution >= 4 is 0 Å². The molecule has 0 spiro atoms. The molecule has 3 nitrogen and oxygen atoms in total. The molecule has 3 heteroatoms. The molecule has 2 rings (SSSR count). The molecular weight excluding hydrogens is 236 g/mol. The number of rotatable bonds is 3. The Balaban J connectivity index is 2.24. The molecule has 1 aromatic carbocycles.